The van der Waals surface area contributed by atoms with Crippen LogP contribution in [-0.2, 0) is 20.8 Å². The van der Waals surface area contributed by atoms with Crippen molar-refractivity contribution in [1.29, 1.82) is 0 Å². The van der Waals surface area contributed by atoms with Crippen molar-refractivity contribution in [3.8, 4) is 5.75 Å². The van der Waals surface area contributed by atoms with Gasteiger partial charge in [-0.2, -0.15) is 0 Å². The van der Waals surface area contributed by atoms with Crippen LogP contribution >= 0.6 is 0 Å². The van der Waals surface area contributed by atoms with Crippen LogP contribution in [0.1, 0.15) is 25.1 Å². The number of hydrogen-bond acceptors (Lipinski definition) is 4. The maximum absolute atomic E-state index is 11.6. The number of fused-ring (bicyclic) bond motifs is 3. The molecular weight excluding hydrogens is 258 g/mol. The first-order chi connectivity index (χ1) is 9.69. The predicted molar refractivity (Wildman–Crippen MR) is 73.5 cm³/mol. The van der Waals surface area contributed by atoms with Gasteiger partial charge >= 0.3 is 5.97 Å². The molecule has 1 aromatic heterocycles. The molecule has 0 fully saturated rings. The summed E-state index contributed by atoms with van der Waals surface area (Å²) in [4.78, 5) is 11.6. The Balaban J connectivity index is 1.96. The Bertz CT molecular complexity index is 647. The Morgan fingerprint density at radius 2 is 2.35 bits per heavy atom. The third kappa shape index (κ3) is 2.25. The maximum atomic E-state index is 11.6. The van der Waals surface area contributed by atoms with Crippen LogP contribution in [0.25, 0.3) is 10.9 Å². The van der Waals surface area contributed by atoms with Crippen LogP contribution < -0.4 is 0 Å². The number of carbonyl (C=O) groups excluding carboxylic acids is 1. The third-order valence-electron chi connectivity index (χ3n) is 3.54. The van der Waals surface area contributed by atoms with Crippen LogP contribution in [0.15, 0.2) is 24.3 Å². The number of ether oxygens (including phenoxy) is 2. The highest BCUT2D eigenvalue weighted by molar-refractivity contribution is 5.83. The molecule has 5 nitrogen and oxygen atoms in total. The highest BCUT2D eigenvalue weighted by atomic mass is 16.5. The molecule has 1 N–H and O–H groups in total. The smallest absolute Gasteiger partial charge is 0.308 e. The lowest BCUT2D eigenvalue weighted by molar-refractivity contribution is -0.147. The number of aromatic nitrogens is 1. The van der Waals surface area contributed by atoms with E-state index < -0.39 is 0 Å². The van der Waals surface area contributed by atoms with Crippen molar-refractivity contribution in [2.45, 2.75) is 26.0 Å². The van der Waals surface area contributed by atoms with Gasteiger partial charge in [-0.15, -0.1) is 0 Å². The summed E-state index contributed by atoms with van der Waals surface area (Å²) in [6.07, 6.45) is -0.0618. The van der Waals surface area contributed by atoms with E-state index in [-0.39, 0.29) is 24.2 Å². The molecule has 3 rings (SSSR count). The molecular formula is C15H17NO4. The number of rotatable bonds is 3. The highest BCUT2D eigenvalue weighted by Crippen LogP contribution is 2.33. The van der Waals surface area contributed by atoms with Crippen LogP contribution in [0.5, 0.6) is 5.75 Å². The largest absolute Gasteiger partial charge is 0.508 e. The Hall–Kier alpha value is -2.01. The van der Waals surface area contributed by atoms with Gasteiger partial charge in [-0.1, -0.05) is 0 Å². The standard InChI is InChI=1S/C15H17NO4/c1-2-19-15(18)9-14-13-8-10-7-11(17)3-4-12(10)16(13)5-6-20-14/h3-4,7-8,14,17H,2,5-6,9H2,1H3. The minimum Gasteiger partial charge on any atom is -0.508 e. The van der Waals surface area contributed by atoms with Crippen LogP contribution in [0, 0.1) is 0 Å². The molecule has 0 saturated carbocycles. The highest BCUT2D eigenvalue weighted by Gasteiger charge is 2.26. The van der Waals surface area contributed by atoms with E-state index in [1.165, 1.54) is 0 Å². The zero-order valence-electron chi connectivity index (χ0n) is 11.3. The second kappa shape index (κ2) is 5.17. The van der Waals surface area contributed by atoms with Crippen molar-refractivity contribution in [2.24, 2.45) is 0 Å². The number of nitrogens with zero attached hydrogens (tertiary/aromatic N) is 1. The summed E-state index contributed by atoms with van der Waals surface area (Å²) < 4.78 is 12.8. The van der Waals surface area contributed by atoms with Crippen molar-refractivity contribution >= 4 is 16.9 Å². The molecule has 1 unspecified atom stereocenters. The minimum absolute atomic E-state index is 0.218. The Morgan fingerprint density at radius 1 is 1.50 bits per heavy atom. The number of esters is 1. The minimum atomic E-state index is -0.280. The first-order valence-corrected chi connectivity index (χ1v) is 6.78. The van der Waals surface area contributed by atoms with Gasteiger partial charge in [0.05, 0.1) is 19.6 Å². The third-order valence-corrected chi connectivity index (χ3v) is 3.54. The fraction of sp³-hybridized carbons (Fsp3) is 0.400. The van der Waals surface area contributed by atoms with Crippen molar-refractivity contribution < 1.29 is 19.4 Å². The molecule has 0 saturated heterocycles. The molecule has 5 heteroatoms. The van der Waals surface area contributed by atoms with Gasteiger partial charge in [0, 0.05) is 23.1 Å². The summed E-state index contributed by atoms with van der Waals surface area (Å²) in [6.45, 7) is 3.49. The van der Waals surface area contributed by atoms with Crippen LogP contribution in [-0.4, -0.2) is 28.9 Å². The number of phenols is 1. The average Bonchev–Trinajstić information content (AvgIpc) is 2.77. The summed E-state index contributed by atoms with van der Waals surface area (Å²) in [7, 11) is 0. The van der Waals surface area contributed by atoms with Gasteiger partial charge in [-0.25, -0.2) is 0 Å². The van der Waals surface area contributed by atoms with Crippen molar-refractivity contribution in [3.05, 3.63) is 30.0 Å². The van der Waals surface area contributed by atoms with E-state index in [1.807, 2.05) is 12.1 Å². The normalized spacial score (nSPS) is 17.9. The van der Waals surface area contributed by atoms with Crippen molar-refractivity contribution in [3.63, 3.8) is 0 Å². The van der Waals surface area contributed by atoms with Gasteiger partial charge < -0.3 is 19.1 Å². The number of phenolic OH excluding ortho intramolecular Hbond substituents is 1. The SMILES string of the molecule is CCOC(=O)CC1OCCn2c1cc1cc(O)ccc12. The average molecular weight is 275 g/mol. The van der Waals surface area contributed by atoms with Crippen LogP contribution in [0.3, 0.4) is 0 Å². The quantitative estimate of drug-likeness (QED) is 0.874. The van der Waals surface area contributed by atoms with E-state index in [4.69, 9.17) is 9.47 Å². The first-order valence-electron chi connectivity index (χ1n) is 6.78. The summed E-state index contributed by atoms with van der Waals surface area (Å²) in [5, 5.41) is 10.5. The van der Waals surface area contributed by atoms with Gasteiger partial charge in [-0.3, -0.25) is 4.79 Å². The van der Waals surface area contributed by atoms with Gasteiger partial charge in [0.25, 0.3) is 0 Å². The summed E-state index contributed by atoms with van der Waals surface area (Å²) in [6, 6.07) is 7.26. The second-order valence-corrected chi connectivity index (χ2v) is 4.83. The topological polar surface area (TPSA) is 60.7 Å². The van der Waals surface area contributed by atoms with Crippen LogP contribution in [0.4, 0.5) is 0 Å². The molecule has 1 atom stereocenters. The van der Waals surface area contributed by atoms with E-state index >= 15 is 0 Å². The van der Waals surface area contributed by atoms with Crippen molar-refractivity contribution in [1.82, 2.24) is 4.57 Å². The van der Waals surface area contributed by atoms with Gasteiger partial charge in [0.15, 0.2) is 0 Å². The number of carbonyl (C=O) groups is 1. The van der Waals surface area contributed by atoms with E-state index in [0.29, 0.717) is 13.2 Å². The molecule has 0 radical (unpaired) electrons. The number of benzene rings is 1. The van der Waals surface area contributed by atoms with Crippen molar-refractivity contribution in [2.75, 3.05) is 13.2 Å². The molecule has 1 aliphatic rings. The van der Waals surface area contributed by atoms with Gasteiger partial charge in [0.1, 0.15) is 11.9 Å². The monoisotopic (exact) mass is 275 g/mol. The predicted octanol–water partition coefficient (Wildman–Crippen LogP) is 2.37. The lowest BCUT2D eigenvalue weighted by Crippen LogP contribution is -2.23. The maximum Gasteiger partial charge on any atom is 0.308 e. The molecule has 1 aromatic carbocycles. The van der Waals surface area contributed by atoms with E-state index in [9.17, 15) is 9.90 Å². The van der Waals surface area contributed by atoms with Gasteiger partial charge in [0.2, 0.25) is 0 Å². The second-order valence-electron chi connectivity index (χ2n) is 4.83. The molecule has 106 valence electrons. The number of aromatic hydroxyl groups is 1. The zero-order valence-corrected chi connectivity index (χ0v) is 11.3. The molecule has 0 spiro atoms. The molecule has 0 bridgehead atoms. The Morgan fingerprint density at radius 3 is 3.15 bits per heavy atom. The molecule has 20 heavy (non-hydrogen) atoms. The number of hydrogen-bond donors (Lipinski definition) is 1. The lowest BCUT2D eigenvalue weighted by atomic mass is 10.1. The molecule has 0 aliphatic carbocycles. The van der Waals surface area contributed by atoms with Crippen LogP contribution in [0.2, 0.25) is 0 Å². The zero-order chi connectivity index (χ0) is 14.1. The molecule has 0 amide bonds. The van der Waals surface area contributed by atoms with Gasteiger partial charge in [-0.05, 0) is 31.2 Å². The molecule has 1 aliphatic heterocycles. The summed E-state index contributed by atoms with van der Waals surface area (Å²) in [5.41, 5.74) is 2.01. The Kier molecular flexibility index (Phi) is 3.36. The van der Waals surface area contributed by atoms with E-state index in [0.717, 1.165) is 23.1 Å². The fourth-order valence-electron chi connectivity index (χ4n) is 2.70. The molecule has 2 heterocycles. The Labute approximate surface area is 116 Å². The van der Waals surface area contributed by atoms with E-state index in [2.05, 4.69) is 4.57 Å². The lowest BCUT2D eigenvalue weighted by Gasteiger charge is -2.25. The van der Waals surface area contributed by atoms with E-state index in [1.54, 1.807) is 19.1 Å². The fourth-order valence-corrected chi connectivity index (χ4v) is 2.70. The molecule has 2 aromatic rings. The summed E-state index contributed by atoms with van der Waals surface area (Å²) in [5.74, 6) is -0.0117. The first kappa shape index (κ1) is 13.0. The summed E-state index contributed by atoms with van der Waals surface area (Å²) >= 11 is 0.